The number of rotatable bonds is 5. The smallest absolute Gasteiger partial charge is 0.181 e. The molecule has 0 aromatic rings. The van der Waals surface area contributed by atoms with Crippen LogP contribution in [0.25, 0.3) is 11.1 Å². The third kappa shape index (κ3) is 4.48. The first-order valence-electron chi connectivity index (χ1n) is 2.13. The van der Waals surface area contributed by atoms with Crippen molar-refractivity contribution in [2.45, 2.75) is 0 Å². The molecular weight excluding hydrogens is 140 g/mol. The maximum atomic E-state index is 4.98. The van der Waals surface area contributed by atoms with Gasteiger partial charge in [0.1, 0.15) is 0 Å². The molecule has 0 radical (unpaired) electrons. The molecule has 10 heavy (non-hydrogen) atoms. The Bertz CT molecular complexity index is 56.4. The van der Waals surface area contributed by atoms with Gasteiger partial charge in [0.2, 0.25) is 0 Å². The minimum atomic E-state index is 0.672. The van der Waals surface area contributed by atoms with Crippen LogP contribution in [0.5, 0.6) is 0 Å². The van der Waals surface area contributed by atoms with Gasteiger partial charge in [-0.3, -0.25) is 22.1 Å². The largest absolute Gasteiger partial charge is 0.502 e. The lowest BCUT2D eigenvalue weighted by Crippen LogP contribution is -2.57. The lowest BCUT2D eigenvalue weighted by molar-refractivity contribution is 0.0951. The summed E-state index contributed by atoms with van der Waals surface area (Å²) in [6, 6.07) is 0. The van der Waals surface area contributed by atoms with Crippen LogP contribution in [0.2, 0.25) is 0 Å². The van der Waals surface area contributed by atoms with Gasteiger partial charge in [-0.1, -0.05) is 0 Å². The molecule has 0 rings (SSSR count). The van der Waals surface area contributed by atoms with Crippen LogP contribution in [0.4, 0.5) is 0 Å². The average molecular weight is 150 g/mol. The van der Waals surface area contributed by atoms with Crippen molar-refractivity contribution in [3.05, 3.63) is 11.1 Å². The standard InChI is InChI=1S/H10N10/c1-5-9(3)7-8-10(4)6-2/h7-8H,1-4H2/q-2. The highest BCUT2D eigenvalue weighted by Crippen LogP contribution is 1.71. The van der Waals surface area contributed by atoms with Gasteiger partial charge in [0.05, 0.1) is 0 Å². The first-order valence-corrected chi connectivity index (χ1v) is 2.13. The van der Waals surface area contributed by atoms with E-state index >= 15 is 0 Å². The topological polar surface area (TPSA) is 163 Å². The Balaban J connectivity index is 3.17. The van der Waals surface area contributed by atoms with Crippen molar-refractivity contribution in [2.24, 2.45) is 23.4 Å². The maximum Gasteiger partial charge on any atom is -0.181 e. The Morgan fingerprint density at radius 1 is 0.900 bits per heavy atom. The zero-order valence-corrected chi connectivity index (χ0v) is 5.10. The fourth-order valence-electron chi connectivity index (χ4n) is 0.160. The molecule has 0 aliphatic heterocycles. The van der Waals surface area contributed by atoms with E-state index in [4.69, 9.17) is 23.4 Å². The molecule has 0 aliphatic carbocycles. The van der Waals surface area contributed by atoms with Gasteiger partial charge in [0.15, 0.2) is 0 Å². The molecule has 10 heteroatoms. The summed E-state index contributed by atoms with van der Waals surface area (Å²) >= 11 is 0. The Morgan fingerprint density at radius 2 is 1.20 bits per heavy atom. The van der Waals surface area contributed by atoms with Crippen LogP contribution >= 0.6 is 0 Å². The summed E-state index contributed by atoms with van der Waals surface area (Å²) in [7, 11) is 0. The second-order valence-corrected chi connectivity index (χ2v) is 1.14. The average Bonchev–Trinajstić information content (AvgIpc) is 1.99. The van der Waals surface area contributed by atoms with Crippen molar-refractivity contribution >= 4 is 0 Å². The Morgan fingerprint density at radius 3 is 1.40 bits per heavy atom. The van der Waals surface area contributed by atoms with E-state index in [1.165, 1.54) is 0 Å². The molecule has 0 fully saturated rings. The van der Waals surface area contributed by atoms with Gasteiger partial charge in [-0.05, 0) is 0 Å². The molecule has 0 heterocycles. The predicted molar refractivity (Wildman–Crippen MR) is 33.4 cm³/mol. The first-order chi connectivity index (χ1) is 4.70. The molecule has 0 spiro atoms. The highest BCUT2D eigenvalue weighted by atomic mass is 16.1. The number of nitrogens with one attached hydrogen (secondary N) is 2. The first kappa shape index (κ1) is 9.60. The zero-order chi connectivity index (χ0) is 7.98. The van der Waals surface area contributed by atoms with Gasteiger partial charge in [-0.15, -0.1) is 0 Å². The molecule has 10 N–H and O–H groups in total. The van der Waals surface area contributed by atoms with Crippen LogP contribution in [0.3, 0.4) is 0 Å². The van der Waals surface area contributed by atoms with Crippen molar-refractivity contribution < 1.29 is 0 Å². The summed E-state index contributed by atoms with van der Waals surface area (Å²) in [5, 5.41) is 1.34. The quantitative estimate of drug-likeness (QED) is 0.174. The maximum absolute atomic E-state index is 4.98. The molecule has 0 aliphatic rings. The number of nitrogens with two attached hydrogens (primary N) is 4. The van der Waals surface area contributed by atoms with Crippen LogP contribution in [0.1, 0.15) is 0 Å². The summed E-state index contributed by atoms with van der Waals surface area (Å²) in [6.07, 6.45) is 0. The molecule has 0 bridgehead atoms. The molecule has 0 saturated carbocycles. The third-order valence-corrected chi connectivity index (χ3v) is 0.528. The predicted octanol–water partition coefficient (Wildman–Crippen LogP) is -3.41. The second kappa shape index (κ2) is 5.39. The normalized spacial score (nSPS) is 11.4. The van der Waals surface area contributed by atoms with Gasteiger partial charge in [-0.2, -0.15) is 11.1 Å². The van der Waals surface area contributed by atoms with Crippen LogP contribution in [0.15, 0.2) is 0 Å². The van der Waals surface area contributed by atoms with Gasteiger partial charge in [0, 0.05) is 0 Å². The lowest BCUT2D eigenvalue weighted by atomic mass is 11.9. The SMILES string of the molecule is N[N-]N(N)NNN(N)[N-]N. The van der Waals surface area contributed by atoms with Crippen LogP contribution in [-0.4, -0.2) is 10.5 Å². The molecule has 0 saturated heterocycles. The number of hydrazine groups is 5. The lowest BCUT2D eigenvalue weighted by Gasteiger charge is -2.35. The third-order valence-electron chi connectivity index (χ3n) is 0.528. The van der Waals surface area contributed by atoms with Gasteiger partial charge in [-0.25, -0.2) is 0 Å². The van der Waals surface area contributed by atoms with Crippen molar-refractivity contribution in [3.63, 3.8) is 0 Å². The molecule has 0 aromatic carbocycles. The molecule has 0 amide bonds. The molecule has 62 valence electrons. The van der Waals surface area contributed by atoms with E-state index in [0.29, 0.717) is 10.5 Å². The second-order valence-electron chi connectivity index (χ2n) is 1.14. The number of nitrogens with zero attached hydrogens (tertiary/aromatic N) is 4. The highest BCUT2D eigenvalue weighted by Gasteiger charge is 1.80. The molecule has 0 aromatic heterocycles. The number of hydrogen-bond acceptors (Lipinski definition) is 8. The van der Waals surface area contributed by atoms with Gasteiger partial charge in [0.25, 0.3) is 0 Å². The summed E-state index contributed by atoms with van der Waals surface area (Å²) in [5.41, 5.74) is 10.3. The summed E-state index contributed by atoms with van der Waals surface area (Å²) in [6.45, 7) is 0. The van der Waals surface area contributed by atoms with E-state index in [-0.39, 0.29) is 0 Å². The fourth-order valence-corrected chi connectivity index (χ4v) is 0.160. The summed E-state index contributed by atoms with van der Waals surface area (Å²) in [5.74, 6) is 19.4. The molecule has 10 nitrogen and oxygen atoms in total. The van der Waals surface area contributed by atoms with E-state index in [1.807, 2.05) is 0 Å². The Kier molecular flexibility index (Phi) is 5.17. The van der Waals surface area contributed by atoms with Gasteiger partial charge < -0.3 is 22.8 Å². The van der Waals surface area contributed by atoms with E-state index in [0.717, 1.165) is 0 Å². The van der Waals surface area contributed by atoms with E-state index in [1.54, 1.807) is 0 Å². The van der Waals surface area contributed by atoms with E-state index < -0.39 is 0 Å². The van der Waals surface area contributed by atoms with Crippen molar-refractivity contribution in [1.29, 1.82) is 0 Å². The fraction of sp³-hybridized carbons (Fsp3) is 0. The summed E-state index contributed by atoms with van der Waals surface area (Å²) in [4.78, 5) is 0. The van der Waals surface area contributed by atoms with Crippen LogP contribution < -0.4 is 34.4 Å². The minimum Gasteiger partial charge on any atom is -0.502 e. The molecular formula is H10N10-2. The van der Waals surface area contributed by atoms with Crippen LogP contribution in [0, 0.1) is 0 Å². The molecule has 0 atom stereocenters. The van der Waals surface area contributed by atoms with Gasteiger partial charge >= 0.3 is 0 Å². The number of hydrogen-bond donors (Lipinski definition) is 6. The monoisotopic (exact) mass is 150 g/mol. The van der Waals surface area contributed by atoms with Crippen molar-refractivity contribution in [1.82, 2.24) is 21.5 Å². The van der Waals surface area contributed by atoms with Crippen molar-refractivity contribution in [2.75, 3.05) is 0 Å². The molecule has 0 unspecified atom stereocenters. The van der Waals surface area contributed by atoms with Crippen LogP contribution in [-0.2, 0) is 0 Å². The minimum absolute atomic E-state index is 0.672. The zero-order valence-electron chi connectivity index (χ0n) is 5.10. The van der Waals surface area contributed by atoms with Crippen molar-refractivity contribution in [3.8, 4) is 0 Å². The van der Waals surface area contributed by atoms with E-state index in [2.05, 4.69) is 22.1 Å². The summed E-state index contributed by atoms with van der Waals surface area (Å²) < 4.78 is 0. The Labute approximate surface area is 57.2 Å². The highest BCUT2D eigenvalue weighted by molar-refractivity contribution is 4.50. The Hall–Kier alpha value is -0.400. The van der Waals surface area contributed by atoms with E-state index in [9.17, 15) is 0 Å².